The molecule has 2 atom stereocenters. The average molecular weight is 249 g/mol. The highest BCUT2D eigenvalue weighted by atomic mass is 16.3. The van der Waals surface area contributed by atoms with Crippen LogP contribution in [0.15, 0.2) is 10.9 Å². The Bertz CT molecular complexity index is 511. The first kappa shape index (κ1) is 11.9. The summed E-state index contributed by atoms with van der Waals surface area (Å²) in [6.45, 7) is 1.77. The maximum atomic E-state index is 12.1. The van der Waals surface area contributed by atoms with Crippen LogP contribution in [-0.2, 0) is 13.0 Å². The van der Waals surface area contributed by atoms with E-state index in [1.54, 1.807) is 6.07 Å². The molecular formula is C13H19N3O2. The van der Waals surface area contributed by atoms with Crippen LogP contribution in [0.5, 0.6) is 0 Å². The van der Waals surface area contributed by atoms with E-state index in [9.17, 15) is 9.90 Å². The first-order valence-corrected chi connectivity index (χ1v) is 6.63. The van der Waals surface area contributed by atoms with Crippen molar-refractivity contribution in [3.63, 3.8) is 0 Å². The number of aliphatic hydroxyl groups excluding tert-OH is 1. The van der Waals surface area contributed by atoms with Gasteiger partial charge in [0.2, 0.25) is 0 Å². The zero-order chi connectivity index (χ0) is 12.7. The average Bonchev–Trinajstić information content (AvgIpc) is 2.74. The lowest BCUT2D eigenvalue weighted by atomic mass is 10.1. The maximum Gasteiger partial charge on any atom is 0.267 e. The lowest BCUT2D eigenvalue weighted by Crippen LogP contribution is -2.36. The quantitative estimate of drug-likeness (QED) is 0.778. The van der Waals surface area contributed by atoms with Crippen LogP contribution in [0.4, 0.5) is 0 Å². The summed E-state index contributed by atoms with van der Waals surface area (Å²) >= 11 is 0. The number of aliphatic hydroxyl groups is 1. The fourth-order valence-electron chi connectivity index (χ4n) is 3.00. The Morgan fingerprint density at radius 2 is 2.28 bits per heavy atom. The first-order chi connectivity index (χ1) is 8.65. The zero-order valence-electron chi connectivity index (χ0n) is 10.7. The van der Waals surface area contributed by atoms with Crippen molar-refractivity contribution in [1.29, 1.82) is 0 Å². The van der Waals surface area contributed by atoms with Gasteiger partial charge in [0, 0.05) is 25.6 Å². The van der Waals surface area contributed by atoms with Gasteiger partial charge in [-0.1, -0.05) is 0 Å². The van der Waals surface area contributed by atoms with Gasteiger partial charge in [-0.15, -0.1) is 0 Å². The molecule has 0 aromatic carbocycles. The number of rotatable bonds is 1. The Kier molecular flexibility index (Phi) is 2.95. The monoisotopic (exact) mass is 249 g/mol. The van der Waals surface area contributed by atoms with Gasteiger partial charge in [-0.2, -0.15) is 5.10 Å². The molecule has 5 heteroatoms. The van der Waals surface area contributed by atoms with Gasteiger partial charge in [-0.05, 0) is 31.9 Å². The van der Waals surface area contributed by atoms with Gasteiger partial charge >= 0.3 is 0 Å². The summed E-state index contributed by atoms with van der Waals surface area (Å²) in [7, 11) is 2.05. The van der Waals surface area contributed by atoms with Crippen LogP contribution < -0.4 is 5.56 Å². The van der Waals surface area contributed by atoms with E-state index >= 15 is 0 Å². The Balaban J connectivity index is 1.99. The van der Waals surface area contributed by atoms with Crippen molar-refractivity contribution in [3.8, 4) is 0 Å². The van der Waals surface area contributed by atoms with Crippen LogP contribution in [0.2, 0.25) is 0 Å². The summed E-state index contributed by atoms with van der Waals surface area (Å²) in [5, 5.41) is 14.4. The van der Waals surface area contributed by atoms with Crippen LogP contribution in [0, 0.1) is 0 Å². The van der Waals surface area contributed by atoms with Crippen molar-refractivity contribution in [2.45, 2.75) is 44.4 Å². The van der Waals surface area contributed by atoms with Crippen LogP contribution in [0.25, 0.3) is 0 Å². The summed E-state index contributed by atoms with van der Waals surface area (Å²) in [6.07, 6.45) is 3.07. The Morgan fingerprint density at radius 1 is 1.44 bits per heavy atom. The van der Waals surface area contributed by atoms with E-state index in [-0.39, 0.29) is 11.6 Å². The lowest BCUT2D eigenvalue weighted by Gasteiger charge is -2.25. The topological polar surface area (TPSA) is 58.4 Å². The molecule has 1 aliphatic carbocycles. The maximum absolute atomic E-state index is 12.1. The van der Waals surface area contributed by atoms with E-state index in [0.717, 1.165) is 50.0 Å². The van der Waals surface area contributed by atoms with Gasteiger partial charge in [-0.25, -0.2) is 4.68 Å². The van der Waals surface area contributed by atoms with Gasteiger partial charge in [0.05, 0.1) is 17.8 Å². The van der Waals surface area contributed by atoms with E-state index < -0.39 is 6.10 Å². The fraction of sp³-hybridized carbons (Fsp3) is 0.692. The number of likely N-dealkylation sites (N-methyl/N-ethyl adjacent to an activating group) is 1. The highest BCUT2D eigenvalue weighted by Gasteiger charge is 2.29. The van der Waals surface area contributed by atoms with Crippen LogP contribution in [0.3, 0.4) is 0 Å². The molecule has 2 unspecified atom stereocenters. The molecule has 1 saturated carbocycles. The second-order valence-electron chi connectivity index (χ2n) is 5.45. The predicted octanol–water partition coefficient (Wildman–Crippen LogP) is 0.317. The molecule has 0 radical (unpaired) electrons. The normalized spacial score (nSPS) is 28.3. The number of hydrogen-bond acceptors (Lipinski definition) is 4. The molecule has 1 aromatic heterocycles. The molecule has 2 aliphatic rings. The summed E-state index contributed by atoms with van der Waals surface area (Å²) in [5.41, 5.74) is 1.99. The summed E-state index contributed by atoms with van der Waals surface area (Å²) in [4.78, 5) is 14.3. The molecule has 2 heterocycles. The third kappa shape index (κ3) is 1.97. The SMILES string of the molecule is CN1CCc2nn(C3CCCC3O)c(=O)cc2C1. The largest absolute Gasteiger partial charge is 0.391 e. The molecule has 1 aromatic rings. The zero-order valence-corrected chi connectivity index (χ0v) is 10.7. The van der Waals surface area contributed by atoms with E-state index in [2.05, 4.69) is 17.0 Å². The smallest absolute Gasteiger partial charge is 0.267 e. The molecule has 0 saturated heterocycles. The molecule has 3 rings (SSSR count). The molecular weight excluding hydrogens is 230 g/mol. The van der Waals surface area contributed by atoms with Gasteiger partial charge in [0.15, 0.2) is 0 Å². The van der Waals surface area contributed by atoms with Crippen molar-refractivity contribution in [2.24, 2.45) is 0 Å². The Morgan fingerprint density at radius 3 is 3.00 bits per heavy atom. The first-order valence-electron chi connectivity index (χ1n) is 6.63. The molecule has 0 bridgehead atoms. The second-order valence-corrected chi connectivity index (χ2v) is 5.45. The van der Waals surface area contributed by atoms with Gasteiger partial charge in [-0.3, -0.25) is 4.79 Å². The molecule has 1 fully saturated rings. The third-order valence-electron chi connectivity index (χ3n) is 4.05. The molecule has 0 spiro atoms. The number of aromatic nitrogens is 2. The number of fused-ring (bicyclic) bond motifs is 1. The minimum absolute atomic E-state index is 0.0741. The summed E-state index contributed by atoms with van der Waals surface area (Å²) < 4.78 is 1.52. The van der Waals surface area contributed by atoms with E-state index in [0.29, 0.717) is 0 Å². The van der Waals surface area contributed by atoms with E-state index in [1.807, 2.05) is 0 Å². The van der Waals surface area contributed by atoms with Gasteiger partial charge in [0.25, 0.3) is 5.56 Å². The highest BCUT2D eigenvalue weighted by molar-refractivity contribution is 5.20. The minimum atomic E-state index is -0.417. The van der Waals surface area contributed by atoms with Crippen LogP contribution in [-0.4, -0.2) is 39.5 Å². The third-order valence-corrected chi connectivity index (χ3v) is 4.05. The lowest BCUT2D eigenvalue weighted by molar-refractivity contribution is 0.126. The Labute approximate surface area is 106 Å². The van der Waals surface area contributed by atoms with Crippen molar-refractivity contribution in [1.82, 2.24) is 14.7 Å². The van der Waals surface area contributed by atoms with Gasteiger partial charge in [0.1, 0.15) is 0 Å². The number of nitrogens with zero attached hydrogens (tertiary/aromatic N) is 3. The minimum Gasteiger partial charge on any atom is -0.391 e. The molecule has 98 valence electrons. The van der Waals surface area contributed by atoms with Crippen molar-refractivity contribution < 1.29 is 5.11 Å². The van der Waals surface area contributed by atoms with Crippen molar-refractivity contribution >= 4 is 0 Å². The van der Waals surface area contributed by atoms with E-state index in [1.165, 1.54) is 4.68 Å². The number of hydrogen-bond donors (Lipinski definition) is 1. The molecule has 1 N–H and O–H groups in total. The second kappa shape index (κ2) is 4.48. The standard InChI is InChI=1S/C13H19N3O2/c1-15-6-5-10-9(8-15)7-13(18)16(14-10)11-3-2-4-12(11)17/h7,11-12,17H,2-6,8H2,1H3. The van der Waals surface area contributed by atoms with E-state index in [4.69, 9.17) is 0 Å². The molecule has 1 aliphatic heterocycles. The van der Waals surface area contributed by atoms with Crippen molar-refractivity contribution in [3.05, 3.63) is 27.7 Å². The van der Waals surface area contributed by atoms with Crippen LogP contribution >= 0.6 is 0 Å². The summed E-state index contributed by atoms with van der Waals surface area (Å²) in [5.74, 6) is 0. The van der Waals surface area contributed by atoms with Crippen molar-refractivity contribution in [2.75, 3.05) is 13.6 Å². The Hall–Kier alpha value is -1.20. The predicted molar refractivity (Wildman–Crippen MR) is 67.4 cm³/mol. The van der Waals surface area contributed by atoms with Crippen LogP contribution in [0.1, 0.15) is 36.6 Å². The van der Waals surface area contributed by atoms with Gasteiger partial charge < -0.3 is 10.0 Å². The molecule has 18 heavy (non-hydrogen) atoms. The fourth-order valence-corrected chi connectivity index (χ4v) is 3.00. The summed E-state index contributed by atoms with van der Waals surface area (Å²) in [6, 6.07) is 1.57. The molecule has 5 nitrogen and oxygen atoms in total. The molecule has 0 amide bonds. The highest BCUT2D eigenvalue weighted by Crippen LogP contribution is 2.28.